The van der Waals surface area contributed by atoms with Gasteiger partial charge in [0.25, 0.3) is 0 Å². The Kier molecular flexibility index (Phi) is 36.5. The van der Waals surface area contributed by atoms with E-state index in [1.807, 2.05) is 114 Å². The van der Waals surface area contributed by atoms with Crippen LogP contribution in [0.3, 0.4) is 0 Å². The van der Waals surface area contributed by atoms with E-state index in [1.54, 1.807) is 24.5 Å². The number of aliphatic hydroxyl groups is 1. The van der Waals surface area contributed by atoms with Gasteiger partial charge in [-0.15, -0.1) is 0 Å². The van der Waals surface area contributed by atoms with E-state index >= 15 is 0 Å². The fourth-order valence-corrected chi connectivity index (χ4v) is 20.1. The first-order valence-electron chi connectivity index (χ1n) is 50.7. The number of pyridine rings is 8. The minimum absolute atomic E-state index is 0.0143. The van der Waals surface area contributed by atoms with Gasteiger partial charge in [0.15, 0.2) is 0 Å². The number of anilines is 7. The smallest absolute Gasteiger partial charge is 0.229 e. The van der Waals surface area contributed by atoms with Gasteiger partial charge in [0, 0.05) is 244 Å². The van der Waals surface area contributed by atoms with Gasteiger partial charge in [-0.25, -0.2) is 43.3 Å². The zero-order valence-electron chi connectivity index (χ0n) is 87.7. The molecule has 6 fully saturated rings. The predicted octanol–water partition coefficient (Wildman–Crippen LogP) is 11.6. The second-order valence-electron chi connectivity index (χ2n) is 39.5. The maximum Gasteiger partial charge on any atom is 0.229 e. The molecule has 13 aromatic rings. The molecule has 19 heterocycles. The second kappa shape index (κ2) is 49.6. The Bertz CT molecular complexity index is 6410. The zero-order chi connectivity index (χ0) is 102. The third kappa shape index (κ3) is 27.9. The molecule has 144 heavy (non-hydrogen) atoms. The van der Waals surface area contributed by atoms with E-state index in [9.17, 15) is 18.3 Å². The Labute approximate surface area is 850 Å². The largest absolute Gasteiger partial charge is 0.390 e. The van der Waals surface area contributed by atoms with Crippen LogP contribution < -0.4 is 34.5 Å². The Morgan fingerprint density at radius 1 is 0.410 bits per heavy atom. The Balaban J connectivity index is 0.000000135. The molecule has 0 radical (unpaired) electrons. The van der Waals surface area contributed by atoms with Crippen LogP contribution >= 0.6 is 0 Å². The van der Waals surface area contributed by atoms with Crippen LogP contribution in [0.25, 0.3) is 16.9 Å². The summed E-state index contributed by atoms with van der Waals surface area (Å²) in [5.74, 6) is 7.01. The van der Waals surface area contributed by atoms with E-state index in [4.69, 9.17) is 15.0 Å². The van der Waals surface area contributed by atoms with Crippen molar-refractivity contribution in [2.45, 2.75) is 144 Å². The maximum absolute atomic E-state index is 11.7. The number of likely N-dealkylation sites (N-methyl/N-ethyl adjacent to an activating group) is 4. The van der Waals surface area contributed by atoms with Crippen molar-refractivity contribution in [2.24, 2.45) is 0 Å². The highest BCUT2D eigenvalue weighted by molar-refractivity contribution is 7.92. The third-order valence-electron chi connectivity index (χ3n) is 28.7. The molecule has 6 atom stereocenters. The molecule has 3 N–H and O–H groups in total. The molecule has 6 saturated heterocycles. The quantitative estimate of drug-likeness (QED) is 0.0392. The molecule has 36 nitrogen and oxygen atoms in total. The molecular weight excluding hydrogens is 1830 g/mol. The van der Waals surface area contributed by atoms with Crippen LogP contribution in [0.15, 0.2) is 189 Å². The Hall–Kier alpha value is -12.2. The van der Waals surface area contributed by atoms with E-state index in [0.29, 0.717) is 37.1 Å². The molecule has 37 heteroatoms. The molecule has 6 aliphatic heterocycles. The number of hydrogen-bond donors (Lipinski definition) is 3. The van der Waals surface area contributed by atoms with E-state index in [-0.39, 0.29) is 42.7 Å². The predicted molar refractivity (Wildman–Crippen MR) is 574 cm³/mol. The van der Waals surface area contributed by atoms with Crippen molar-refractivity contribution < 1.29 is 18.3 Å². The molecule has 0 saturated carbocycles. The molecule has 0 spiro atoms. The number of nitrogens with one attached hydrogen (secondary N) is 2. The molecule has 0 aliphatic carbocycles. The summed E-state index contributed by atoms with van der Waals surface area (Å²) in [4.78, 5) is 102. The molecule has 6 aliphatic rings. The zero-order valence-corrected chi connectivity index (χ0v) is 88.5. The molecule has 13 aromatic heterocycles. The first-order valence-corrected chi connectivity index (χ1v) is 52.6. The maximum atomic E-state index is 11.7. The SMILES string of the molecule is CC(=O)Nc1cccnc1[C@H](C)N(C)Cc1cc(N2CCN(C)CC2)nc(C)n1.C[C@@H](c1ccccn1)N(C)Cc1cn2c(N3CCN(C)CC3)cccc2n1.C[C@@H](c1ccccn1)N(C)Cc1cn2c(N3CCN4CCC[C@H]4C3)cccc2n1.C[C@@H](c1ccccn1)N(C)Cc1nc2cccc(N3CCN(C)CC3)n2c1CO.Cc1nc(CN(C)[C@@H](C)c2ncccc2NS(C)(=O)=O)cc(N2CCN(C)CC2)n1. The second-order valence-corrected chi connectivity index (χ2v) is 41.3. The summed E-state index contributed by atoms with van der Waals surface area (Å²) in [5.41, 5.74) is 14.8. The van der Waals surface area contributed by atoms with Gasteiger partial charge < -0.3 is 54.5 Å². The molecule has 768 valence electrons. The van der Waals surface area contributed by atoms with Crippen molar-refractivity contribution in [1.82, 2.24) is 122 Å². The lowest BCUT2D eigenvalue weighted by Crippen LogP contribution is -2.50. The van der Waals surface area contributed by atoms with Crippen molar-refractivity contribution in [2.75, 3.05) is 235 Å². The van der Waals surface area contributed by atoms with Gasteiger partial charge in [-0.3, -0.25) is 77.0 Å². The van der Waals surface area contributed by atoms with Gasteiger partial charge in [0.1, 0.15) is 57.7 Å². The highest BCUT2D eigenvalue weighted by Gasteiger charge is 2.34. The van der Waals surface area contributed by atoms with E-state index in [1.165, 1.54) is 44.5 Å². The van der Waals surface area contributed by atoms with Gasteiger partial charge in [0.05, 0.1) is 99.0 Å². The number of rotatable bonds is 29. The lowest BCUT2D eigenvalue weighted by molar-refractivity contribution is -0.114. The van der Waals surface area contributed by atoms with Crippen molar-refractivity contribution in [3.63, 3.8) is 0 Å². The summed E-state index contributed by atoms with van der Waals surface area (Å²) in [7, 11) is 15.6. The highest BCUT2D eigenvalue weighted by Crippen LogP contribution is 2.34. The van der Waals surface area contributed by atoms with Gasteiger partial charge in [-0.1, -0.05) is 36.4 Å². The van der Waals surface area contributed by atoms with Crippen LogP contribution in [-0.2, 0) is 54.1 Å². The number of aliphatic hydroxyl groups excluding tert-OH is 1. The van der Waals surface area contributed by atoms with Gasteiger partial charge >= 0.3 is 0 Å². The van der Waals surface area contributed by atoms with Crippen molar-refractivity contribution in [3.8, 4) is 0 Å². The van der Waals surface area contributed by atoms with E-state index < -0.39 is 10.0 Å². The molecule has 0 unspecified atom stereocenters. The minimum atomic E-state index is -3.38. The number of fused-ring (bicyclic) bond motifs is 4. The lowest BCUT2D eigenvalue weighted by atomic mass is 10.1. The summed E-state index contributed by atoms with van der Waals surface area (Å²) in [6, 6.07) is 49.8. The number of aryl methyl sites for hydroxylation is 2. The monoisotopic (exact) mass is 1980 g/mol. The average molecular weight is 1980 g/mol. The summed E-state index contributed by atoms with van der Waals surface area (Å²) < 4.78 is 32.6. The summed E-state index contributed by atoms with van der Waals surface area (Å²) in [6.45, 7) is 40.5. The third-order valence-corrected chi connectivity index (χ3v) is 29.3. The summed E-state index contributed by atoms with van der Waals surface area (Å²) >= 11 is 0. The topological polar surface area (TPSA) is 312 Å². The highest BCUT2D eigenvalue weighted by atomic mass is 32.2. The number of amides is 1. The Morgan fingerprint density at radius 2 is 0.799 bits per heavy atom. The first kappa shape index (κ1) is 106. The van der Waals surface area contributed by atoms with Crippen LogP contribution in [-0.4, -0.2) is 348 Å². The summed E-state index contributed by atoms with van der Waals surface area (Å²) in [6.07, 6.45) is 17.2. The number of sulfonamides is 1. The van der Waals surface area contributed by atoms with E-state index in [0.717, 1.165) is 246 Å². The molecule has 19 rings (SSSR count). The number of carbonyl (C=O) groups excluding carboxylic acids is 1. The average Bonchev–Trinajstić information content (AvgIpc) is 1.60. The first-order chi connectivity index (χ1) is 69.3. The van der Waals surface area contributed by atoms with Gasteiger partial charge in [-0.2, -0.15) is 0 Å². The number of hydrogen-bond acceptors (Lipinski definition) is 31. The van der Waals surface area contributed by atoms with Crippen LogP contribution in [0.4, 0.5) is 40.5 Å². The summed E-state index contributed by atoms with van der Waals surface area (Å²) in [5, 5.41) is 13.1. The molecular formula is C107H150N32O4S. The standard InChI is InChI=1S/C23H30N6.C22H30N6O.C21H31N7O.C21H28N6.C20H31N7O2S/c1-18(21-8-3-4-11-24-21)26(2)15-19-16-29-22(25-19)9-5-10-23(29)28-14-13-27-12-6-7-20(27)17-28;1-17(18-7-4-5-10-23-18)26(3)15-19-20(16-29)28-21(24-19)8-6-9-22(28)27-13-11-25(2)12-14-27;1-15(21-19(25-17(3)29)7-6-8-22-21)27(5)14-18-13-20(24-16(2)23-18)28-11-9-26(4)10-12-28;1-17(19-7-4-5-10-22-19)25(3)15-18-16-27-20(23-18)8-6-9-21(27)26-13-11-24(2)12-14-26;1-15(20-18(7-6-8-21-20)24-30(5,28)29)26(4)14-17-13-19(23-16(2)22-17)27-11-9-25(3)10-12-27/h3-5,8-11,16,18,20H,6-7,12-15,17H2,1-2H3;4-10,17,29H,11-16H2,1-3H3;6-8,13,15H,9-12,14H2,1-5H3,(H,25,29);4-10,16-17H,11-15H2,1-3H3;6-8,13,15,24H,9-12,14H2,1-5H3/t18-,20-;17-;15-;17-;15-/m00000/s1. The van der Waals surface area contributed by atoms with Crippen LogP contribution in [0, 0.1) is 13.8 Å². The lowest BCUT2D eigenvalue weighted by Gasteiger charge is -2.38. The number of piperazine rings is 5. The molecule has 0 bridgehead atoms. The van der Waals surface area contributed by atoms with Crippen molar-refractivity contribution >= 4 is 73.3 Å². The number of carbonyl (C=O) groups is 1. The van der Waals surface area contributed by atoms with Crippen LogP contribution in [0.2, 0.25) is 0 Å². The Morgan fingerprint density at radius 3 is 1.24 bits per heavy atom. The van der Waals surface area contributed by atoms with Crippen molar-refractivity contribution in [3.05, 3.63) is 263 Å². The van der Waals surface area contributed by atoms with Crippen molar-refractivity contribution in [1.29, 1.82) is 0 Å². The van der Waals surface area contributed by atoms with Crippen LogP contribution in [0.5, 0.6) is 0 Å². The normalized spacial score (nSPS) is 17.5. The number of aromatic nitrogens is 15. The van der Waals surface area contributed by atoms with Crippen LogP contribution in [0.1, 0.15) is 159 Å². The minimum Gasteiger partial charge on any atom is -0.390 e. The fourth-order valence-electron chi connectivity index (χ4n) is 19.5. The van der Waals surface area contributed by atoms with Gasteiger partial charge in [-0.05, 0) is 228 Å². The fraction of sp³-hybridized carbons (Fsp3) is 0.486. The molecule has 0 aromatic carbocycles. The van der Waals surface area contributed by atoms with E-state index in [2.05, 4.69) is 304 Å². The van der Waals surface area contributed by atoms with Gasteiger partial charge in [0.2, 0.25) is 15.9 Å². The number of nitrogens with zero attached hydrogens (tertiary/aromatic N) is 30. The number of imidazole rings is 3. The molecule has 1 amide bonds.